The molecule has 0 saturated carbocycles. The molecule has 0 aliphatic carbocycles. The van der Waals surface area contributed by atoms with E-state index in [9.17, 15) is 4.79 Å². The molecule has 3 aromatic rings. The van der Waals surface area contributed by atoms with Gasteiger partial charge in [-0.15, -0.1) is 0 Å². The summed E-state index contributed by atoms with van der Waals surface area (Å²) in [6.45, 7) is 4.72. The van der Waals surface area contributed by atoms with E-state index in [0.717, 1.165) is 16.2 Å². The van der Waals surface area contributed by atoms with Gasteiger partial charge < -0.3 is 14.0 Å². The summed E-state index contributed by atoms with van der Waals surface area (Å²) in [5.41, 5.74) is 5.14. The Bertz CT molecular complexity index is 1070. The Morgan fingerprint density at radius 1 is 1.27 bits per heavy atom. The van der Waals surface area contributed by atoms with Crippen LogP contribution >= 0.6 is 23.4 Å². The zero-order valence-electron chi connectivity index (χ0n) is 17.0. The van der Waals surface area contributed by atoms with Crippen molar-refractivity contribution < 1.29 is 14.3 Å². The van der Waals surface area contributed by atoms with Gasteiger partial charge in [-0.3, -0.25) is 4.79 Å². The van der Waals surface area contributed by atoms with Crippen LogP contribution in [0.15, 0.2) is 46.7 Å². The fourth-order valence-electron chi connectivity index (χ4n) is 2.80. The van der Waals surface area contributed by atoms with Crippen LogP contribution in [0.5, 0.6) is 11.5 Å². The van der Waals surface area contributed by atoms with E-state index in [1.54, 1.807) is 12.1 Å². The minimum atomic E-state index is -0.231. The van der Waals surface area contributed by atoms with Gasteiger partial charge >= 0.3 is 0 Å². The van der Waals surface area contributed by atoms with Crippen molar-refractivity contribution in [2.24, 2.45) is 12.1 Å². The van der Waals surface area contributed by atoms with Gasteiger partial charge in [0.25, 0.3) is 5.91 Å². The van der Waals surface area contributed by atoms with E-state index in [1.165, 1.54) is 18.0 Å². The average molecular weight is 447 g/mol. The number of fused-ring (bicyclic) bond motifs is 1. The highest BCUT2D eigenvalue weighted by Crippen LogP contribution is 2.36. The lowest BCUT2D eigenvalue weighted by atomic mass is 10.2. The Balaban J connectivity index is 1.60. The van der Waals surface area contributed by atoms with Crippen LogP contribution in [-0.4, -0.2) is 40.6 Å². The first-order chi connectivity index (χ1) is 14.5. The molecule has 0 saturated heterocycles. The number of halogens is 1. The highest BCUT2D eigenvalue weighted by Gasteiger charge is 2.12. The molecule has 0 bridgehead atoms. The van der Waals surface area contributed by atoms with E-state index in [2.05, 4.69) is 15.5 Å². The average Bonchev–Trinajstić information content (AvgIpc) is 3.05. The van der Waals surface area contributed by atoms with Crippen LogP contribution < -0.4 is 14.9 Å². The molecule has 7 nitrogen and oxygen atoms in total. The lowest BCUT2D eigenvalue weighted by molar-refractivity contribution is -0.118. The maximum atomic E-state index is 12.2. The molecule has 30 heavy (non-hydrogen) atoms. The first kappa shape index (κ1) is 22.0. The predicted octanol–water partition coefficient (Wildman–Crippen LogP) is 4.27. The minimum absolute atomic E-state index is 0.197. The van der Waals surface area contributed by atoms with Crippen LogP contribution in [0.1, 0.15) is 19.4 Å². The molecule has 1 aromatic heterocycles. The maximum Gasteiger partial charge on any atom is 0.250 e. The monoisotopic (exact) mass is 446 g/mol. The molecular weight excluding hydrogens is 424 g/mol. The van der Waals surface area contributed by atoms with Crippen LogP contribution in [0.2, 0.25) is 5.02 Å². The second kappa shape index (κ2) is 10.4. The number of imidazole rings is 1. The second-order valence-electron chi connectivity index (χ2n) is 6.22. The summed E-state index contributed by atoms with van der Waals surface area (Å²) in [7, 11) is 1.93. The first-order valence-corrected chi connectivity index (χ1v) is 10.8. The zero-order chi connectivity index (χ0) is 21.5. The lowest BCUT2D eigenvalue weighted by Crippen LogP contribution is -2.19. The molecule has 0 spiro atoms. The number of nitrogens with zero attached hydrogens (tertiary/aromatic N) is 3. The zero-order valence-corrected chi connectivity index (χ0v) is 18.6. The smallest absolute Gasteiger partial charge is 0.250 e. The van der Waals surface area contributed by atoms with Gasteiger partial charge in [0.1, 0.15) is 0 Å². The number of hydrogen-bond acceptors (Lipinski definition) is 6. The number of hydrazone groups is 1. The van der Waals surface area contributed by atoms with E-state index < -0.39 is 0 Å². The lowest BCUT2D eigenvalue weighted by Gasteiger charge is -2.13. The maximum absolute atomic E-state index is 12.2. The van der Waals surface area contributed by atoms with Gasteiger partial charge in [0.05, 0.1) is 41.2 Å². The van der Waals surface area contributed by atoms with Crippen molar-refractivity contribution in [2.75, 3.05) is 19.0 Å². The van der Waals surface area contributed by atoms with Crippen LogP contribution in [0.25, 0.3) is 11.0 Å². The second-order valence-corrected chi connectivity index (χ2v) is 7.57. The third-order valence-electron chi connectivity index (χ3n) is 4.10. The number of aromatic nitrogens is 2. The van der Waals surface area contributed by atoms with Gasteiger partial charge in [0, 0.05) is 7.05 Å². The van der Waals surface area contributed by atoms with Gasteiger partial charge in [-0.1, -0.05) is 35.5 Å². The van der Waals surface area contributed by atoms with E-state index in [0.29, 0.717) is 35.3 Å². The van der Waals surface area contributed by atoms with Crippen molar-refractivity contribution in [3.05, 3.63) is 47.0 Å². The molecule has 1 amide bonds. The molecule has 3 rings (SSSR count). The van der Waals surface area contributed by atoms with Crippen molar-refractivity contribution >= 4 is 46.5 Å². The van der Waals surface area contributed by atoms with E-state index in [4.69, 9.17) is 21.1 Å². The Kier molecular flexibility index (Phi) is 7.59. The summed E-state index contributed by atoms with van der Waals surface area (Å²) in [6, 6.07) is 11.3. The Labute approximate surface area is 184 Å². The number of amides is 1. The molecular formula is C21H23ClN4O3S. The van der Waals surface area contributed by atoms with Gasteiger partial charge in [0.2, 0.25) is 0 Å². The number of ether oxygens (including phenoxy) is 2. The molecule has 1 N–H and O–H groups in total. The first-order valence-electron chi connectivity index (χ1n) is 9.48. The predicted molar refractivity (Wildman–Crippen MR) is 121 cm³/mol. The van der Waals surface area contributed by atoms with Crippen LogP contribution in [-0.2, 0) is 11.8 Å². The number of rotatable bonds is 9. The quantitative estimate of drug-likeness (QED) is 0.302. The number of hydrogen-bond donors (Lipinski definition) is 1. The van der Waals surface area contributed by atoms with Crippen molar-refractivity contribution in [2.45, 2.75) is 19.0 Å². The third-order valence-corrected chi connectivity index (χ3v) is 5.41. The number of nitrogens with one attached hydrogen (secondary N) is 1. The molecule has 0 aliphatic rings. The summed E-state index contributed by atoms with van der Waals surface area (Å²) in [5.74, 6) is 1.01. The largest absolute Gasteiger partial charge is 0.490 e. The number of para-hydroxylation sites is 2. The molecule has 9 heteroatoms. The fraction of sp³-hybridized carbons (Fsp3) is 0.286. The number of carbonyl (C=O) groups is 1. The highest BCUT2D eigenvalue weighted by atomic mass is 35.5. The summed E-state index contributed by atoms with van der Waals surface area (Å²) < 4.78 is 13.1. The van der Waals surface area contributed by atoms with E-state index >= 15 is 0 Å². The summed E-state index contributed by atoms with van der Waals surface area (Å²) in [4.78, 5) is 16.7. The highest BCUT2D eigenvalue weighted by molar-refractivity contribution is 7.99. The van der Waals surface area contributed by atoms with Crippen LogP contribution in [0.3, 0.4) is 0 Å². The standard InChI is InChI=1S/C21H23ClN4O3S/c1-4-28-18-11-14(10-15(22)20(18)29-5-2)12-23-25-19(27)13-30-21-24-16-8-6-7-9-17(16)26(21)3/h6-12H,4-5,13H2,1-3H3,(H,25,27)/b23-12-. The Morgan fingerprint density at radius 3 is 2.77 bits per heavy atom. The summed E-state index contributed by atoms with van der Waals surface area (Å²) in [6.07, 6.45) is 1.52. The Morgan fingerprint density at radius 2 is 2.03 bits per heavy atom. The van der Waals surface area contributed by atoms with E-state index in [1.807, 2.05) is 49.7 Å². The van der Waals surface area contributed by atoms with Gasteiger partial charge in [-0.2, -0.15) is 5.10 Å². The molecule has 0 aliphatic heterocycles. The Hall–Kier alpha value is -2.71. The molecule has 1 heterocycles. The van der Waals surface area contributed by atoms with Gasteiger partial charge in [-0.25, -0.2) is 10.4 Å². The SMILES string of the molecule is CCOc1cc(/C=N\NC(=O)CSc2nc3ccccc3n2C)cc(Cl)c1OCC. The molecule has 0 fully saturated rings. The summed E-state index contributed by atoms with van der Waals surface area (Å²) in [5, 5.41) is 5.21. The molecule has 2 aromatic carbocycles. The van der Waals surface area contributed by atoms with Gasteiger partial charge in [0.15, 0.2) is 16.7 Å². The molecule has 0 unspecified atom stereocenters. The van der Waals surface area contributed by atoms with Crippen LogP contribution in [0, 0.1) is 0 Å². The number of thioether (sulfide) groups is 1. The van der Waals surface area contributed by atoms with Crippen molar-refractivity contribution in [1.82, 2.24) is 15.0 Å². The van der Waals surface area contributed by atoms with Crippen molar-refractivity contribution in [3.63, 3.8) is 0 Å². The molecule has 0 atom stereocenters. The minimum Gasteiger partial charge on any atom is -0.490 e. The van der Waals surface area contributed by atoms with Crippen molar-refractivity contribution in [3.8, 4) is 11.5 Å². The number of benzene rings is 2. The summed E-state index contributed by atoms with van der Waals surface area (Å²) >= 11 is 7.64. The van der Waals surface area contributed by atoms with Gasteiger partial charge in [-0.05, 0) is 43.7 Å². The third kappa shape index (κ3) is 5.25. The molecule has 0 radical (unpaired) electrons. The fourth-order valence-corrected chi connectivity index (χ4v) is 3.86. The van der Waals surface area contributed by atoms with Crippen LogP contribution in [0.4, 0.5) is 0 Å². The normalized spacial score (nSPS) is 11.2. The molecule has 158 valence electrons. The number of carbonyl (C=O) groups excluding carboxylic acids is 1. The topological polar surface area (TPSA) is 77.7 Å². The van der Waals surface area contributed by atoms with E-state index in [-0.39, 0.29) is 11.7 Å². The number of aryl methyl sites for hydroxylation is 1. The van der Waals surface area contributed by atoms with Crippen molar-refractivity contribution in [1.29, 1.82) is 0 Å².